The molecule has 0 bridgehead atoms. The van der Waals surface area contributed by atoms with Gasteiger partial charge < -0.3 is 10.4 Å². The lowest BCUT2D eigenvalue weighted by Gasteiger charge is -2.25. The van der Waals surface area contributed by atoms with E-state index >= 15 is 0 Å². The fourth-order valence-corrected chi connectivity index (χ4v) is 2.68. The number of benzene rings is 1. The van der Waals surface area contributed by atoms with Gasteiger partial charge in [-0.05, 0) is 43.0 Å². The topological polar surface area (TPSA) is 66.4 Å². The number of hydrogen-bond donors (Lipinski definition) is 2. The predicted octanol–water partition coefficient (Wildman–Crippen LogP) is 2.41. The molecule has 1 fully saturated rings. The van der Waals surface area contributed by atoms with E-state index in [2.05, 4.69) is 5.32 Å². The maximum Gasteiger partial charge on any atom is 0.329 e. The van der Waals surface area contributed by atoms with Crippen LogP contribution in [-0.2, 0) is 16.0 Å². The van der Waals surface area contributed by atoms with E-state index in [9.17, 15) is 23.5 Å². The van der Waals surface area contributed by atoms with Gasteiger partial charge in [0, 0.05) is 6.42 Å². The Bertz CT molecular complexity index is 554. The second kappa shape index (κ2) is 6.20. The number of nitrogens with one attached hydrogen (secondary N) is 1. The largest absolute Gasteiger partial charge is 0.480 e. The maximum absolute atomic E-state index is 13.4. The minimum atomic E-state index is -1.20. The van der Waals surface area contributed by atoms with E-state index in [0.29, 0.717) is 12.8 Å². The van der Waals surface area contributed by atoms with Crippen molar-refractivity contribution >= 4 is 11.9 Å². The summed E-state index contributed by atoms with van der Waals surface area (Å²) in [5.41, 5.74) is -1.08. The Hall–Kier alpha value is -1.98. The van der Waals surface area contributed by atoms with Gasteiger partial charge in [-0.15, -0.1) is 0 Å². The van der Waals surface area contributed by atoms with Crippen molar-refractivity contribution in [3.8, 4) is 0 Å². The van der Waals surface area contributed by atoms with Crippen LogP contribution in [0, 0.1) is 11.6 Å². The summed E-state index contributed by atoms with van der Waals surface area (Å²) in [5.74, 6) is -2.63. The van der Waals surface area contributed by atoms with E-state index in [0.717, 1.165) is 31.0 Å². The molecule has 0 aliphatic heterocycles. The number of halogens is 2. The molecule has 0 spiro atoms. The molecular weight excluding hydrogens is 280 g/mol. The first-order chi connectivity index (χ1) is 9.93. The number of aliphatic carboxylic acids is 1. The molecule has 6 heteroatoms. The Morgan fingerprint density at radius 2 is 1.90 bits per heavy atom. The second-order valence-corrected chi connectivity index (χ2v) is 5.38. The molecule has 1 saturated carbocycles. The number of amides is 1. The van der Waals surface area contributed by atoms with Crippen LogP contribution in [0.3, 0.4) is 0 Å². The highest BCUT2D eigenvalue weighted by Crippen LogP contribution is 2.30. The molecule has 21 heavy (non-hydrogen) atoms. The van der Waals surface area contributed by atoms with Crippen LogP contribution in [0.15, 0.2) is 18.2 Å². The zero-order valence-corrected chi connectivity index (χ0v) is 11.5. The molecule has 0 atom stereocenters. The van der Waals surface area contributed by atoms with Gasteiger partial charge in [-0.1, -0.05) is 12.8 Å². The number of hydrogen-bond acceptors (Lipinski definition) is 2. The highest BCUT2D eigenvalue weighted by molar-refractivity contribution is 5.87. The maximum atomic E-state index is 13.4. The summed E-state index contributed by atoms with van der Waals surface area (Å²) >= 11 is 0. The number of carboxylic acid groups (broad SMARTS) is 1. The Labute approximate surface area is 121 Å². The lowest BCUT2D eigenvalue weighted by atomic mass is 9.97. The quantitative estimate of drug-likeness (QED) is 0.877. The first-order valence-corrected chi connectivity index (χ1v) is 6.91. The van der Waals surface area contributed by atoms with Crippen molar-refractivity contribution in [1.82, 2.24) is 5.32 Å². The van der Waals surface area contributed by atoms with E-state index in [-0.39, 0.29) is 18.4 Å². The van der Waals surface area contributed by atoms with Crippen molar-refractivity contribution < 1.29 is 23.5 Å². The van der Waals surface area contributed by atoms with Gasteiger partial charge in [0.2, 0.25) is 5.91 Å². The number of carbonyl (C=O) groups is 2. The Kier molecular flexibility index (Phi) is 4.55. The monoisotopic (exact) mass is 297 g/mol. The SMILES string of the molecule is O=C(CCc1cc(F)ccc1F)NC1(C(=O)O)CCCC1. The van der Waals surface area contributed by atoms with Crippen molar-refractivity contribution in [2.75, 3.05) is 0 Å². The van der Waals surface area contributed by atoms with E-state index in [1.165, 1.54) is 0 Å². The average Bonchev–Trinajstić information content (AvgIpc) is 2.89. The molecule has 1 amide bonds. The fourth-order valence-electron chi connectivity index (χ4n) is 2.68. The molecule has 0 saturated heterocycles. The summed E-state index contributed by atoms with van der Waals surface area (Å²) in [6, 6.07) is 3.07. The van der Waals surface area contributed by atoms with Crippen LogP contribution in [0.1, 0.15) is 37.7 Å². The van der Waals surface area contributed by atoms with Crippen LogP contribution in [0.2, 0.25) is 0 Å². The van der Waals surface area contributed by atoms with Gasteiger partial charge in [0.1, 0.15) is 17.2 Å². The number of aryl methyl sites for hydroxylation is 1. The highest BCUT2D eigenvalue weighted by atomic mass is 19.1. The molecule has 4 nitrogen and oxygen atoms in total. The summed E-state index contributed by atoms with van der Waals surface area (Å²) in [5, 5.41) is 11.8. The summed E-state index contributed by atoms with van der Waals surface area (Å²) in [7, 11) is 0. The van der Waals surface area contributed by atoms with E-state index < -0.39 is 29.0 Å². The number of rotatable bonds is 5. The lowest BCUT2D eigenvalue weighted by Crippen LogP contribution is -2.52. The molecule has 1 aromatic rings. The highest BCUT2D eigenvalue weighted by Gasteiger charge is 2.42. The zero-order chi connectivity index (χ0) is 15.5. The zero-order valence-electron chi connectivity index (χ0n) is 11.5. The molecule has 0 unspecified atom stereocenters. The summed E-state index contributed by atoms with van der Waals surface area (Å²) < 4.78 is 26.5. The van der Waals surface area contributed by atoms with Crippen molar-refractivity contribution in [3.63, 3.8) is 0 Å². The molecule has 1 aliphatic rings. The lowest BCUT2D eigenvalue weighted by molar-refractivity contribution is -0.147. The average molecular weight is 297 g/mol. The molecular formula is C15H17F2NO3. The van der Waals surface area contributed by atoms with Gasteiger partial charge in [-0.2, -0.15) is 0 Å². The first kappa shape index (κ1) is 15.4. The van der Waals surface area contributed by atoms with Crippen LogP contribution in [0.25, 0.3) is 0 Å². The van der Waals surface area contributed by atoms with Gasteiger partial charge in [0.05, 0.1) is 0 Å². The van der Waals surface area contributed by atoms with E-state index in [1.807, 2.05) is 0 Å². The summed E-state index contributed by atoms with van der Waals surface area (Å²) in [4.78, 5) is 23.2. The summed E-state index contributed by atoms with van der Waals surface area (Å²) in [6.07, 6.45) is 2.28. The molecule has 114 valence electrons. The second-order valence-electron chi connectivity index (χ2n) is 5.38. The standard InChI is InChI=1S/C15H17F2NO3/c16-11-4-5-12(17)10(9-11)3-6-13(19)18-15(14(20)21)7-1-2-8-15/h4-5,9H,1-3,6-8H2,(H,18,19)(H,20,21). The molecule has 1 aliphatic carbocycles. The van der Waals surface area contributed by atoms with Crippen LogP contribution < -0.4 is 5.32 Å². The normalized spacial score (nSPS) is 16.7. The smallest absolute Gasteiger partial charge is 0.329 e. The Morgan fingerprint density at radius 3 is 2.52 bits per heavy atom. The fraction of sp³-hybridized carbons (Fsp3) is 0.467. The third-order valence-electron chi connectivity index (χ3n) is 3.87. The van der Waals surface area contributed by atoms with Crippen LogP contribution in [0.4, 0.5) is 8.78 Å². The van der Waals surface area contributed by atoms with Crippen LogP contribution in [0.5, 0.6) is 0 Å². The molecule has 2 rings (SSSR count). The molecule has 2 N–H and O–H groups in total. The third kappa shape index (κ3) is 3.56. The van der Waals surface area contributed by atoms with Crippen molar-refractivity contribution in [2.24, 2.45) is 0 Å². The van der Waals surface area contributed by atoms with Gasteiger partial charge in [-0.3, -0.25) is 4.79 Å². The predicted molar refractivity (Wildman–Crippen MR) is 71.7 cm³/mol. The van der Waals surface area contributed by atoms with Gasteiger partial charge in [-0.25, -0.2) is 13.6 Å². The number of carboxylic acids is 1. The van der Waals surface area contributed by atoms with Crippen LogP contribution in [-0.4, -0.2) is 22.5 Å². The van der Waals surface area contributed by atoms with Crippen molar-refractivity contribution in [1.29, 1.82) is 0 Å². The minimum absolute atomic E-state index is 0.0329. The summed E-state index contributed by atoms with van der Waals surface area (Å²) in [6.45, 7) is 0. The van der Waals surface area contributed by atoms with Crippen LogP contribution >= 0.6 is 0 Å². The first-order valence-electron chi connectivity index (χ1n) is 6.91. The van der Waals surface area contributed by atoms with E-state index in [1.54, 1.807) is 0 Å². The molecule has 1 aromatic carbocycles. The van der Waals surface area contributed by atoms with Crippen molar-refractivity contribution in [3.05, 3.63) is 35.4 Å². The minimum Gasteiger partial charge on any atom is -0.480 e. The molecule has 0 radical (unpaired) electrons. The third-order valence-corrected chi connectivity index (χ3v) is 3.87. The van der Waals surface area contributed by atoms with Gasteiger partial charge in [0.15, 0.2) is 0 Å². The molecule has 0 heterocycles. The Balaban J connectivity index is 1.96. The van der Waals surface area contributed by atoms with Gasteiger partial charge in [0.25, 0.3) is 0 Å². The van der Waals surface area contributed by atoms with E-state index in [4.69, 9.17) is 0 Å². The van der Waals surface area contributed by atoms with Crippen molar-refractivity contribution in [2.45, 2.75) is 44.1 Å². The number of carbonyl (C=O) groups excluding carboxylic acids is 1. The Morgan fingerprint density at radius 1 is 1.24 bits per heavy atom. The molecule has 0 aromatic heterocycles. The van der Waals surface area contributed by atoms with Gasteiger partial charge >= 0.3 is 5.97 Å².